The summed E-state index contributed by atoms with van der Waals surface area (Å²) >= 11 is 0. The van der Waals surface area contributed by atoms with Gasteiger partial charge in [0.2, 0.25) is 0 Å². The van der Waals surface area contributed by atoms with Crippen LogP contribution in [0.3, 0.4) is 0 Å². The lowest BCUT2D eigenvalue weighted by Crippen LogP contribution is -2.14. The first kappa shape index (κ1) is 11.2. The Balaban J connectivity index is 2.21. The quantitative estimate of drug-likeness (QED) is 0.882. The van der Waals surface area contributed by atoms with Crippen LogP contribution in [-0.4, -0.2) is 26.1 Å². The van der Waals surface area contributed by atoms with Crippen LogP contribution >= 0.6 is 0 Å². The fourth-order valence-electron chi connectivity index (χ4n) is 2.89. The summed E-state index contributed by atoms with van der Waals surface area (Å²) < 4.78 is 1.82. The summed E-state index contributed by atoms with van der Waals surface area (Å²) in [5.74, 6) is -0.397. The van der Waals surface area contributed by atoms with E-state index < -0.39 is 5.97 Å². The second kappa shape index (κ2) is 4.08. The molecule has 0 spiro atoms. The Labute approximate surface area is 104 Å². The molecular formula is C13H15N3O2. The van der Waals surface area contributed by atoms with Gasteiger partial charge in [-0.25, -0.2) is 9.48 Å². The number of para-hydroxylation sites is 1. The number of aromatic carboxylic acids is 1. The normalized spacial score (nSPS) is 23.6. The van der Waals surface area contributed by atoms with Gasteiger partial charge in [-0.3, -0.25) is 0 Å². The lowest BCUT2D eigenvalue weighted by molar-refractivity contribution is 0.0698. The van der Waals surface area contributed by atoms with Crippen LogP contribution in [0.25, 0.3) is 11.0 Å². The monoisotopic (exact) mass is 245 g/mol. The topological polar surface area (TPSA) is 68.0 Å². The van der Waals surface area contributed by atoms with Gasteiger partial charge in [0.25, 0.3) is 0 Å². The molecule has 0 radical (unpaired) electrons. The van der Waals surface area contributed by atoms with E-state index in [-0.39, 0.29) is 11.6 Å². The van der Waals surface area contributed by atoms with Crippen LogP contribution in [-0.2, 0) is 0 Å². The van der Waals surface area contributed by atoms with Crippen LogP contribution in [0.1, 0.15) is 42.6 Å². The molecule has 1 N–H and O–H groups in total. The lowest BCUT2D eigenvalue weighted by Gasteiger charge is -2.16. The van der Waals surface area contributed by atoms with Crippen molar-refractivity contribution in [1.82, 2.24) is 15.0 Å². The van der Waals surface area contributed by atoms with Crippen molar-refractivity contribution in [3.8, 4) is 0 Å². The third-order valence-corrected chi connectivity index (χ3v) is 3.85. The van der Waals surface area contributed by atoms with Crippen LogP contribution < -0.4 is 0 Å². The summed E-state index contributed by atoms with van der Waals surface area (Å²) in [7, 11) is 0. The minimum atomic E-state index is -0.921. The molecule has 1 aliphatic carbocycles. The van der Waals surface area contributed by atoms with E-state index in [1.807, 2.05) is 10.7 Å². The highest BCUT2D eigenvalue weighted by Crippen LogP contribution is 2.36. The van der Waals surface area contributed by atoms with Gasteiger partial charge in [0, 0.05) is 0 Å². The third kappa shape index (κ3) is 1.58. The van der Waals surface area contributed by atoms with Crippen molar-refractivity contribution in [1.29, 1.82) is 0 Å². The standard InChI is InChI=1S/C13H15N3O2/c1-8-4-2-7-11(8)16-12-9(13(17)18)5-3-6-10(12)14-15-16/h3,5-6,8,11H,2,4,7H2,1H3,(H,17,18). The second-order valence-corrected chi connectivity index (χ2v) is 4.99. The number of hydrogen-bond acceptors (Lipinski definition) is 3. The number of benzene rings is 1. The Morgan fingerprint density at radius 1 is 1.44 bits per heavy atom. The second-order valence-electron chi connectivity index (χ2n) is 4.99. The number of carboxylic acid groups (broad SMARTS) is 1. The third-order valence-electron chi connectivity index (χ3n) is 3.85. The van der Waals surface area contributed by atoms with Gasteiger partial charge in [0.1, 0.15) is 11.0 Å². The van der Waals surface area contributed by atoms with E-state index in [2.05, 4.69) is 17.2 Å². The zero-order valence-electron chi connectivity index (χ0n) is 10.2. The van der Waals surface area contributed by atoms with Crippen molar-refractivity contribution >= 4 is 17.0 Å². The molecule has 2 atom stereocenters. The Morgan fingerprint density at radius 3 is 2.94 bits per heavy atom. The van der Waals surface area contributed by atoms with Crippen molar-refractivity contribution in [2.24, 2.45) is 5.92 Å². The highest BCUT2D eigenvalue weighted by molar-refractivity contribution is 6.00. The molecule has 1 heterocycles. The van der Waals surface area contributed by atoms with Crippen LogP contribution in [0.4, 0.5) is 0 Å². The molecule has 0 aliphatic heterocycles. The summed E-state index contributed by atoms with van der Waals surface area (Å²) in [5, 5.41) is 17.5. The van der Waals surface area contributed by atoms with E-state index in [0.29, 0.717) is 17.0 Å². The van der Waals surface area contributed by atoms with Gasteiger partial charge < -0.3 is 5.11 Å². The lowest BCUT2D eigenvalue weighted by atomic mass is 10.1. The van der Waals surface area contributed by atoms with Crippen molar-refractivity contribution in [3.05, 3.63) is 23.8 Å². The van der Waals surface area contributed by atoms with Crippen molar-refractivity contribution in [3.63, 3.8) is 0 Å². The molecule has 0 saturated heterocycles. The highest BCUT2D eigenvalue weighted by atomic mass is 16.4. The number of carboxylic acids is 1. The molecule has 1 aromatic heterocycles. The molecule has 0 amide bonds. The Bertz CT molecular complexity index is 605. The Morgan fingerprint density at radius 2 is 2.28 bits per heavy atom. The van der Waals surface area contributed by atoms with Crippen molar-refractivity contribution < 1.29 is 9.90 Å². The van der Waals surface area contributed by atoms with Crippen LogP contribution in [0, 0.1) is 5.92 Å². The molecule has 5 heteroatoms. The number of aromatic nitrogens is 3. The maximum Gasteiger partial charge on any atom is 0.337 e. The van der Waals surface area contributed by atoms with Gasteiger partial charge >= 0.3 is 5.97 Å². The van der Waals surface area contributed by atoms with E-state index in [4.69, 9.17) is 0 Å². The molecule has 5 nitrogen and oxygen atoms in total. The minimum absolute atomic E-state index is 0.274. The van der Waals surface area contributed by atoms with Gasteiger partial charge in [-0.2, -0.15) is 0 Å². The van der Waals surface area contributed by atoms with Crippen LogP contribution in [0.15, 0.2) is 18.2 Å². The predicted octanol–water partition coefficient (Wildman–Crippen LogP) is 2.49. The average molecular weight is 245 g/mol. The molecule has 18 heavy (non-hydrogen) atoms. The molecule has 1 fully saturated rings. The van der Waals surface area contributed by atoms with Gasteiger partial charge in [-0.05, 0) is 30.9 Å². The van der Waals surface area contributed by atoms with Gasteiger partial charge in [0.15, 0.2) is 0 Å². The molecule has 3 rings (SSSR count). The fourth-order valence-corrected chi connectivity index (χ4v) is 2.89. The van der Waals surface area contributed by atoms with Crippen LogP contribution in [0.2, 0.25) is 0 Å². The molecule has 2 aromatic rings. The minimum Gasteiger partial charge on any atom is -0.478 e. The van der Waals surface area contributed by atoms with Crippen molar-refractivity contribution in [2.75, 3.05) is 0 Å². The number of nitrogens with zero attached hydrogens (tertiary/aromatic N) is 3. The number of hydrogen-bond donors (Lipinski definition) is 1. The first-order chi connectivity index (χ1) is 8.68. The molecule has 1 aliphatic rings. The van der Waals surface area contributed by atoms with Gasteiger partial charge in [-0.1, -0.05) is 24.6 Å². The number of carbonyl (C=O) groups is 1. The molecule has 1 saturated carbocycles. The van der Waals surface area contributed by atoms with E-state index >= 15 is 0 Å². The van der Waals surface area contributed by atoms with E-state index in [1.54, 1.807) is 12.1 Å². The molecule has 0 bridgehead atoms. The first-order valence-corrected chi connectivity index (χ1v) is 6.25. The average Bonchev–Trinajstić information content (AvgIpc) is 2.94. The van der Waals surface area contributed by atoms with E-state index in [1.165, 1.54) is 12.8 Å². The SMILES string of the molecule is CC1CCCC1n1nnc2cccc(C(=O)O)c21. The molecular weight excluding hydrogens is 230 g/mol. The summed E-state index contributed by atoms with van der Waals surface area (Å²) in [6.45, 7) is 2.19. The first-order valence-electron chi connectivity index (χ1n) is 6.25. The molecule has 2 unspecified atom stereocenters. The predicted molar refractivity (Wildman–Crippen MR) is 66.5 cm³/mol. The Hall–Kier alpha value is -1.91. The van der Waals surface area contributed by atoms with Gasteiger partial charge in [0.05, 0.1) is 11.6 Å². The number of fused-ring (bicyclic) bond motifs is 1. The smallest absolute Gasteiger partial charge is 0.337 e. The zero-order valence-corrected chi connectivity index (χ0v) is 10.2. The fraction of sp³-hybridized carbons (Fsp3) is 0.462. The maximum absolute atomic E-state index is 11.3. The Kier molecular flexibility index (Phi) is 2.54. The number of rotatable bonds is 2. The highest BCUT2D eigenvalue weighted by Gasteiger charge is 2.28. The summed E-state index contributed by atoms with van der Waals surface area (Å²) in [4.78, 5) is 11.3. The largest absolute Gasteiger partial charge is 0.478 e. The summed E-state index contributed by atoms with van der Waals surface area (Å²) in [5.41, 5.74) is 1.61. The molecule has 94 valence electrons. The maximum atomic E-state index is 11.3. The van der Waals surface area contributed by atoms with E-state index in [9.17, 15) is 9.90 Å². The van der Waals surface area contributed by atoms with Gasteiger partial charge in [-0.15, -0.1) is 5.10 Å². The summed E-state index contributed by atoms with van der Waals surface area (Å²) in [6.07, 6.45) is 3.39. The zero-order chi connectivity index (χ0) is 12.7. The molecule has 1 aromatic carbocycles. The van der Waals surface area contributed by atoms with Crippen LogP contribution in [0.5, 0.6) is 0 Å². The van der Waals surface area contributed by atoms with E-state index in [0.717, 1.165) is 6.42 Å². The van der Waals surface area contributed by atoms with Crippen molar-refractivity contribution in [2.45, 2.75) is 32.2 Å². The summed E-state index contributed by atoms with van der Waals surface area (Å²) in [6, 6.07) is 5.41.